The zero-order chi connectivity index (χ0) is 23.8. The lowest BCUT2D eigenvalue weighted by molar-refractivity contribution is -0.113. The molecule has 1 aromatic heterocycles. The van der Waals surface area contributed by atoms with Gasteiger partial charge in [0.2, 0.25) is 0 Å². The minimum Gasteiger partial charge on any atom is -0.444 e. The molecule has 6 nitrogen and oxygen atoms in total. The van der Waals surface area contributed by atoms with Gasteiger partial charge in [-0.2, -0.15) is 0 Å². The van der Waals surface area contributed by atoms with Gasteiger partial charge in [-0.1, -0.05) is 30.3 Å². The molecule has 0 saturated heterocycles. The summed E-state index contributed by atoms with van der Waals surface area (Å²) in [6, 6.07) is 14.0. The number of unbranched alkanes of at least 4 members (excludes halogenated alkanes) is 1. The number of nitrogens with one attached hydrogen (secondary N) is 1. The molecule has 1 N–H and O–H groups in total. The fraction of sp³-hybridized carbons (Fsp3) is 0.500. The van der Waals surface area contributed by atoms with Crippen LogP contribution in [0.25, 0.3) is 0 Å². The molecule has 0 aliphatic heterocycles. The number of nitrogens with zero attached hydrogens (tertiary/aromatic N) is 1. The van der Waals surface area contributed by atoms with Crippen LogP contribution in [0.15, 0.2) is 42.5 Å². The summed E-state index contributed by atoms with van der Waals surface area (Å²) in [5.41, 5.74) is 1.22. The molecule has 0 aliphatic rings. The standard InChI is InChI=1S/C26H36N2O4/c1-25(2,3)32-24(31)27-26(4,19-29)18-17-21-15-16-22(28(21)5)23(30)14-10-9-13-20-11-7-6-8-12-20/h6-8,11-12,15-16,19H,9-10,13-14,17-18H2,1-5H3,(H,27,31). The lowest BCUT2D eigenvalue weighted by atomic mass is 9.97. The van der Waals surface area contributed by atoms with E-state index in [9.17, 15) is 14.4 Å². The van der Waals surface area contributed by atoms with Crippen LogP contribution in [0.5, 0.6) is 0 Å². The second-order valence-corrected chi connectivity index (χ2v) is 9.55. The van der Waals surface area contributed by atoms with Crippen molar-refractivity contribution in [3.63, 3.8) is 0 Å². The molecule has 174 valence electrons. The van der Waals surface area contributed by atoms with Crippen molar-refractivity contribution >= 4 is 18.2 Å². The van der Waals surface area contributed by atoms with E-state index in [-0.39, 0.29) is 5.78 Å². The van der Waals surface area contributed by atoms with Crippen LogP contribution in [-0.2, 0) is 29.4 Å². The molecule has 1 amide bonds. The minimum absolute atomic E-state index is 0.122. The van der Waals surface area contributed by atoms with E-state index < -0.39 is 17.2 Å². The summed E-state index contributed by atoms with van der Waals surface area (Å²) in [6.45, 7) is 6.99. The highest BCUT2D eigenvalue weighted by molar-refractivity contribution is 5.94. The second kappa shape index (κ2) is 11.1. The largest absolute Gasteiger partial charge is 0.444 e. The number of benzene rings is 1. The maximum Gasteiger partial charge on any atom is 0.408 e. The molecule has 2 aromatic rings. The number of aldehydes is 1. The van der Waals surface area contributed by atoms with Gasteiger partial charge in [-0.15, -0.1) is 0 Å². The molecule has 32 heavy (non-hydrogen) atoms. The van der Waals surface area contributed by atoms with Gasteiger partial charge < -0.3 is 19.4 Å². The van der Waals surface area contributed by atoms with Crippen molar-refractivity contribution in [1.29, 1.82) is 0 Å². The third-order valence-corrected chi connectivity index (χ3v) is 5.42. The van der Waals surface area contributed by atoms with Crippen molar-refractivity contribution in [3.05, 3.63) is 59.4 Å². The first-order chi connectivity index (χ1) is 15.0. The van der Waals surface area contributed by atoms with E-state index in [4.69, 9.17) is 4.74 Å². The smallest absolute Gasteiger partial charge is 0.408 e. The number of carbonyl (C=O) groups is 3. The van der Waals surface area contributed by atoms with Crippen molar-refractivity contribution in [1.82, 2.24) is 9.88 Å². The Morgan fingerprint density at radius 1 is 1.00 bits per heavy atom. The summed E-state index contributed by atoms with van der Waals surface area (Å²) in [5.74, 6) is 0.122. The Morgan fingerprint density at radius 3 is 2.31 bits per heavy atom. The lowest BCUT2D eigenvalue weighted by Crippen LogP contribution is -2.49. The number of aryl methyl sites for hydroxylation is 2. The highest BCUT2D eigenvalue weighted by atomic mass is 16.6. The van der Waals surface area contributed by atoms with Crippen LogP contribution in [0.4, 0.5) is 4.79 Å². The van der Waals surface area contributed by atoms with Crippen molar-refractivity contribution in [2.45, 2.75) is 77.4 Å². The zero-order valence-corrected chi connectivity index (χ0v) is 19.9. The van der Waals surface area contributed by atoms with Gasteiger partial charge in [0.05, 0.1) is 11.2 Å². The molecule has 1 unspecified atom stereocenters. The number of alkyl carbamates (subject to hydrolysis) is 1. The fourth-order valence-electron chi connectivity index (χ4n) is 3.55. The maximum atomic E-state index is 12.7. The van der Waals surface area contributed by atoms with Gasteiger partial charge in [-0.25, -0.2) is 4.79 Å². The van der Waals surface area contributed by atoms with Crippen molar-refractivity contribution in [2.24, 2.45) is 7.05 Å². The first kappa shape index (κ1) is 25.4. The molecule has 0 saturated carbocycles. The Hall–Kier alpha value is -2.89. The van der Waals surface area contributed by atoms with E-state index in [1.165, 1.54) is 5.56 Å². The summed E-state index contributed by atoms with van der Waals surface area (Å²) in [5, 5.41) is 2.66. The third kappa shape index (κ3) is 7.98. The molecule has 0 spiro atoms. The van der Waals surface area contributed by atoms with E-state index >= 15 is 0 Å². The van der Waals surface area contributed by atoms with Gasteiger partial charge in [0.25, 0.3) is 0 Å². The Kier molecular flexibility index (Phi) is 8.81. The number of Topliss-reactive ketones (excluding diaryl/α,β-unsaturated/α-hetero) is 1. The average molecular weight is 441 g/mol. The number of ketones is 1. The Labute approximate surface area is 191 Å². The summed E-state index contributed by atoms with van der Waals surface area (Å²) >= 11 is 0. The molecule has 0 aliphatic carbocycles. The number of ether oxygens (including phenoxy) is 1. The van der Waals surface area contributed by atoms with Crippen LogP contribution in [0.1, 0.15) is 75.1 Å². The number of hydrogen-bond donors (Lipinski definition) is 1. The minimum atomic E-state index is -1.05. The van der Waals surface area contributed by atoms with Crippen LogP contribution in [0.2, 0.25) is 0 Å². The monoisotopic (exact) mass is 440 g/mol. The average Bonchev–Trinajstić information content (AvgIpc) is 3.09. The molecule has 0 bridgehead atoms. The quantitative estimate of drug-likeness (QED) is 0.302. The summed E-state index contributed by atoms with van der Waals surface area (Å²) in [4.78, 5) is 36.4. The lowest BCUT2D eigenvalue weighted by Gasteiger charge is -2.27. The van der Waals surface area contributed by atoms with Crippen molar-refractivity contribution < 1.29 is 19.1 Å². The highest BCUT2D eigenvalue weighted by Crippen LogP contribution is 2.18. The van der Waals surface area contributed by atoms with Gasteiger partial charge in [0.15, 0.2) is 5.78 Å². The predicted octanol–water partition coefficient (Wildman–Crippen LogP) is 5.04. The fourth-order valence-corrected chi connectivity index (χ4v) is 3.55. The van der Waals surface area contributed by atoms with Gasteiger partial charge in [0.1, 0.15) is 11.9 Å². The van der Waals surface area contributed by atoms with Crippen LogP contribution in [-0.4, -0.2) is 33.9 Å². The number of aromatic nitrogens is 1. The first-order valence-electron chi connectivity index (χ1n) is 11.2. The Bertz CT molecular complexity index is 912. The topological polar surface area (TPSA) is 77.4 Å². The molecule has 1 aromatic carbocycles. The third-order valence-electron chi connectivity index (χ3n) is 5.42. The summed E-state index contributed by atoms with van der Waals surface area (Å²) in [6.07, 6.45) is 4.36. The molecule has 1 heterocycles. The SMILES string of the molecule is Cn1c(CCC(C)(C=O)NC(=O)OC(C)(C)C)ccc1C(=O)CCCCc1ccccc1. The molecular formula is C26H36N2O4. The number of amides is 1. The molecule has 1 atom stereocenters. The molecule has 2 rings (SSSR count). The molecule has 0 fully saturated rings. The second-order valence-electron chi connectivity index (χ2n) is 9.55. The Balaban J connectivity index is 1.87. The van der Waals surface area contributed by atoms with E-state index in [1.807, 2.05) is 41.9 Å². The van der Waals surface area contributed by atoms with Gasteiger partial charge in [-0.05, 0) is 77.5 Å². The molecule has 6 heteroatoms. The van der Waals surface area contributed by atoms with Gasteiger partial charge in [0, 0.05) is 19.2 Å². The highest BCUT2D eigenvalue weighted by Gasteiger charge is 2.29. The summed E-state index contributed by atoms with van der Waals surface area (Å²) < 4.78 is 7.15. The van der Waals surface area contributed by atoms with E-state index in [1.54, 1.807) is 27.7 Å². The Morgan fingerprint density at radius 2 is 1.69 bits per heavy atom. The van der Waals surface area contributed by atoms with Gasteiger partial charge in [-0.3, -0.25) is 4.79 Å². The van der Waals surface area contributed by atoms with Crippen LogP contribution >= 0.6 is 0 Å². The van der Waals surface area contributed by atoms with E-state index in [0.717, 1.165) is 31.2 Å². The van der Waals surface area contributed by atoms with E-state index in [0.29, 0.717) is 25.0 Å². The first-order valence-corrected chi connectivity index (χ1v) is 11.2. The van der Waals surface area contributed by atoms with Crippen LogP contribution in [0.3, 0.4) is 0 Å². The van der Waals surface area contributed by atoms with Crippen molar-refractivity contribution in [2.75, 3.05) is 0 Å². The summed E-state index contributed by atoms with van der Waals surface area (Å²) in [7, 11) is 1.87. The van der Waals surface area contributed by atoms with Crippen LogP contribution in [0, 0.1) is 0 Å². The normalized spacial score (nSPS) is 13.3. The number of hydrogen-bond acceptors (Lipinski definition) is 4. The molecule has 0 radical (unpaired) electrons. The molecular weight excluding hydrogens is 404 g/mol. The number of carbonyl (C=O) groups excluding carboxylic acids is 3. The van der Waals surface area contributed by atoms with Gasteiger partial charge >= 0.3 is 6.09 Å². The van der Waals surface area contributed by atoms with E-state index in [2.05, 4.69) is 17.4 Å². The predicted molar refractivity (Wildman–Crippen MR) is 126 cm³/mol. The van der Waals surface area contributed by atoms with Crippen molar-refractivity contribution in [3.8, 4) is 0 Å². The number of rotatable bonds is 11. The van der Waals surface area contributed by atoms with Crippen LogP contribution < -0.4 is 5.32 Å². The zero-order valence-electron chi connectivity index (χ0n) is 19.9. The maximum absolute atomic E-state index is 12.7.